The maximum Gasteiger partial charge on any atom is 0.412 e. The maximum atomic E-state index is 12.6. The van der Waals surface area contributed by atoms with Crippen molar-refractivity contribution in [1.29, 1.82) is 0 Å². The molecular weight excluding hydrogens is 508 g/mol. The van der Waals surface area contributed by atoms with Crippen LogP contribution in [0.25, 0.3) is 20.5 Å². The highest BCUT2D eigenvalue weighted by Gasteiger charge is 2.53. The second kappa shape index (κ2) is 9.07. The van der Waals surface area contributed by atoms with Gasteiger partial charge in [0.1, 0.15) is 17.7 Å². The van der Waals surface area contributed by atoms with Crippen molar-refractivity contribution in [3.63, 3.8) is 0 Å². The number of furan rings is 1. The first-order chi connectivity index (χ1) is 17.9. The van der Waals surface area contributed by atoms with E-state index in [1.165, 1.54) is 22.7 Å². The van der Waals surface area contributed by atoms with Crippen LogP contribution in [0.1, 0.15) is 39.5 Å². The van der Waals surface area contributed by atoms with Crippen LogP contribution in [0.15, 0.2) is 59.1 Å². The minimum atomic E-state index is -0.752. The Morgan fingerprint density at radius 3 is 2.70 bits per heavy atom. The SMILES string of the molecule is Cc1ccccc1COC(=O)Nc1c(C#Cc2cc3sc(C4(C(=O)O)CC4)cc3s2)oc2ncccc12. The average molecular weight is 529 g/mol. The van der Waals surface area contributed by atoms with Crippen LogP contribution in [-0.4, -0.2) is 22.2 Å². The number of nitrogens with zero attached hydrogens (tertiary/aromatic N) is 1. The van der Waals surface area contributed by atoms with Gasteiger partial charge in [0.15, 0.2) is 0 Å². The lowest BCUT2D eigenvalue weighted by Crippen LogP contribution is -2.17. The highest BCUT2D eigenvalue weighted by molar-refractivity contribution is 7.28. The minimum Gasteiger partial charge on any atom is -0.481 e. The predicted octanol–water partition coefficient (Wildman–Crippen LogP) is 6.68. The van der Waals surface area contributed by atoms with Crippen LogP contribution in [0.5, 0.6) is 0 Å². The molecule has 184 valence electrons. The van der Waals surface area contributed by atoms with Crippen LogP contribution in [0, 0.1) is 18.8 Å². The molecule has 0 atom stereocenters. The van der Waals surface area contributed by atoms with E-state index in [4.69, 9.17) is 9.15 Å². The van der Waals surface area contributed by atoms with Gasteiger partial charge in [0.2, 0.25) is 11.5 Å². The Bertz CT molecular complexity index is 1710. The van der Waals surface area contributed by atoms with E-state index in [1.54, 1.807) is 18.3 Å². The van der Waals surface area contributed by atoms with Gasteiger partial charge in [-0.2, -0.15) is 0 Å². The fourth-order valence-corrected chi connectivity index (χ4v) is 6.63. The predicted molar refractivity (Wildman–Crippen MR) is 143 cm³/mol. The van der Waals surface area contributed by atoms with Crippen LogP contribution in [-0.2, 0) is 21.6 Å². The molecule has 1 amide bonds. The van der Waals surface area contributed by atoms with Gasteiger partial charge < -0.3 is 14.3 Å². The molecule has 0 unspecified atom stereocenters. The van der Waals surface area contributed by atoms with Crippen LogP contribution in [0.3, 0.4) is 0 Å². The van der Waals surface area contributed by atoms with Gasteiger partial charge in [-0.1, -0.05) is 24.3 Å². The van der Waals surface area contributed by atoms with Crippen molar-refractivity contribution in [2.75, 3.05) is 5.32 Å². The lowest BCUT2D eigenvalue weighted by molar-refractivity contribution is -0.139. The van der Waals surface area contributed by atoms with Crippen molar-refractivity contribution < 1.29 is 23.8 Å². The Balaban J connectivity index is 1.25. The standard InChI is InChI=1S/C28H20N2O5S2/c1-16-5-2-3-6-17(16)15-34-27(33)30-24-19-7-4-12-29-25(19)35-20(24)9-8-18-13-21-22(36-18)14-23(37-21)28(10-11-28)26(31)32/h2-7,12-14H,10-11,15H2,1H3,(H,30,33)(H,31,32). The Morgan fingerprint density at radius 1 is 1.14 bits per heavy atom. The van der Waals surface area contributed by atoms with E-state index >= 15 is 0 Å². The molecule has 6 rings (SSSR count). The van der Waals surface area contributed by atoms with E-state index in [0.717, 1.165) is 30.3 Å². The number of aryl methyl sites for hydroxylation is 1. The molecule has 2 N–H and O–H groups in total. The van der Waals surface area contributed by atoms with E-state index in [1.807, 2.05) is 43.3 Å². The third kappa shape index (κ3) is 4.35. The number of amides is 1. The number of rotatable bonds is 5. The van der Waals surface area contributed by atoms with E-state index < -0.39 is 17.5 Å². The van der Waals surface area contributed by atoms with E-state index in [0.29, 0.717) is 29.6 Å². The summed E-state index contributed by atoms with van der Waals surface area (Å²) in [5, 5.41) is 13.0. The van der Waals surface area contributed by atoms with Crippen LogP contribution >= 0.6 is 22.7 Å². The molecule has 0 spiro atoms. The summed E-state index contributed by atoms with van der Waals surface area (Å²) in [6.07, 6.45) is 2.37. The first-order valence-corrected chi connectivity index (χ1v) is 13.2. The monoisotopic (exact) mass is 528 g/mol. The summed E-state index contributed by atoms with van der Waals surface area (Å²) in [7, 11) is 0. The largest absolute Gasteiger partial charge is 0.481 e. The number of aromatic nitrogens is 1. The van der Waals surface area contributed by atoms with E-state index in [-0.39, 0.29) is 12.4 Å². The Labute approximate surface area is 219 Å². The molecular formula is C28H20N2O5S2. The molecule has 1 aliphatic carbocycles. The molecule has 1 saturated carbocycles. The lowest BCUT2D eigenvalue weighted by atomic mass is 10.1. The molecule has 4 heterocycles. The number of ether oxygens (including phenoxy) is 1. The second-order valence-electron chi connectivity index (χ2n) is 8.88. The zero-order valence-corrected chi connectivity index (χ0v) is 21.3. The number of carboxylic acids is 1. The number of anilines is 1. The second-order valence-corrected chi connectivity index (χ2v) is 11.0. The summed E-state index contributed by atoms with van der Waals surface area (Å²) >= 11 is 3.01. The smallest absolute Gasteiger partial charge is 0.412 e. The number of fused-ring (bicyclic) bond motifs is 2. The third-order valence-electron chi connectivity index (χ3n) is 6.45. The lowest BCUT2D eigenvalue weighted by Gasteiger charge is -2.08. The number of hydrogen-bond acceptors (Lipinski definition) is 7. The first-order valence-electron chi connectivity index (χ1n) is 11.6. The summed E-state index contributed by atoms with van der Waals surface area (Å²) < 4.78 is 13.3. The van der Waals surface area contributed by atoms with Gasteiger partial charge in [-0.3, -0.25) is 10.1 Å². The van der Waals surface area contributed by atoms with Gasteiger partial charge in [-0.05, 0) is 67.0 Å². The summed E-state index contributed by atoms with van der Waals surface area (Å²) in [6, 6.07) is 15.2. The number of carbonyl (C=O) groups is 2. The van der Waals surface area contributed by atoms with Crippen molar-refractivity contribution in [3.8, 4) is 11.8 Å². The summed E-state index contributed by atoms with van der Waals surface area (Å²) in [6.45, 7) is 2.11. The van der Waals surface area contributed by atoms with Crippen LogP contribution < -0.4 is 5.32 Å². The van der Waals surface area contributed by atoms with Crippen molar-refractivity contribution in [2.45, 2.75) is 31.8 Å². The number of nitrogens with one attached hydrogen (secondary N) is 1. The van der Waals surface area contributed by atoms with E-state index in [2.05, 4.69) is 22.1 Å². The number of hydrogen-bond donors (Lipinski definition) is 2. The first kappa shape index (κ1) is 23.3. The van der Waals surface area contributed by atoms with Gasteiger partial charge >= 0.3 is 12.1 Å². The van der Waals surface area contributed by atoms with Crippen LogP contribution in [0.4, 0.5) is 10.5 Å². The normalized spacial score (nSPS) is 13.8. The number of thiophene rings is 2. The van der Waals surface area contributed by atoms with Gasteiger partial charge in [-0.15, -0.1) is 22.7 Å². The molecule has 0 bridgehead atoms. The molecule has 1 aliphatic rings. The van der Waals surface area contributed by atoms with Crippen molar-refractivity contribution in [1.82, 2.24) is 4.98 Å². The number of pyridine rings is 1. The third-order valence-corrected chi connectivity index (χ3v) is 8.86. The molecule has 9 heteroatoms. The quantitative estimate of drug-likeness (QED) is 0.247. The molecule has 0 radical (unpaired) electrons. The molecule has 1 aromatic carbocycles. The van der Waals surface area contributed by atoms with Crippen molar-refractivity contribution in [2.24, 2.45) is 0 Å². The average Bonchev–Trinajstić information content (AvgIpc) is 3.32. The van der Waals surface area contributed by atoms with Gasteiger partial charge in [0, 0.05) is 20.5 Å². The minimum absolute atomic E-state index is 0.143. The fourth-order valence-electron chi connectivity index (χ4n) is 4.14. The Morgan fingerprint density at radius 2 is 1.95 bits per heavy atom. The zero-order chi connectivity index (χ0) is 25.6. The van der Waals surface area contributed by atoms with Gasteiger partial charge in [0.25, 0.3) is 0 Å². The molecule has 5 aromatic rings. The fraction of sp³-hybridized carbons (Fsp3) is 0.179. The summed E-state index contributed by atoms with van der Waals surface area (Å²) in [5.41, 5.74) is 2.03. The van der Waals surface area contributed by atoms with Gasteiger partial charge in [0.05, 0.1) is 10.3 Å². The zero-order valence-electron chi connectivity index (χ0n) is 19.7. The molecule has 4 aromatic heterocycles. The summed E-state index contributed by atoms with van der Waals surface area (Å²) in [5.74, 6) is 5.67. The molecule has 7 nitrogen and oxygen atoms in total. The van der Waals surface area contributed by atoms with Crippen molar-refractivity contribution >= 4 is 60.9 Å². The number of aliphatic carboxylic acids is 1. The highest BCUT2D eigenvalue weighted by atomic mass is 32.1. The molecule has 37 heavy (non-hydrogen) atoms. The molecule has 0 aliphatic heterocycles. The number of carboxylic acid groups (broad SMARTS) is 1. The van der Waals surface area contributed by atoms with Gasteiger partial charge in [-0.25, -0.2) is 9.78 Å². The Kier molecular flexibility index (Phi) is 5.71. The van der Waals surface area contributed by atoms with Crippen molar-refractivity contribution in [3.05, 3.63) is 81.4 Å². The topological polar surface area (TPSA) is 102 Å². The maximum absolute atomic E-state index is 12.6. The summed E-state index contributed by atoms with van der Waals surface area (Å²) in [4.78, 5) is 30.2. The van der Waals surface area contributed by atoms with E-state index in [9.17, 15) is 14.7 Å². The van der Waals surface area contributed by atoms with Crippen LogP contribution in [0.2, 0.25) is 0 Å². The number of carbonyl (C=O) groups excluding carboxylic acids is 1. The highest BCUT2D eigenvalue weighted by Crippen LogP contribution is 2.52. The Hall–Kier alpha value is -4.13. The molecule has 1 fully saturated rings. The molecule has 0 saturated heterocycles. The number of benzene rings is 1.